The predicted octanol–water partition coefficient (Wildman–Crippen LogP) is -0.307. The second kappa shape index (κ2) is 5.00. The van der Waals surface area contributed by atoms with Crippen LogP contribution in [0.15, 0.2) is 9.59 Å². The van der Waals surface area contributed by atoms with Crippen molar-refractivity contribution < 1.29 is 0 Å². The molecule has 0 radical (unpaired) electrons. The van der Waals surface area contributed by atoms with Gasteiger partial charge in [-0.15, -0.1) is 0 Å². The van der Waals surface area contributed by atoms with Gasteiger partial charge in [-0.25, -0.2) is 9.78 Å². The highest BCUT2D eigenvalue weighted by Crippen LogP contribution is 2.12. The second-order valence-corrected chi connectivity index (χ2v) is 4.62. The molecule has 0 atom stereocenters. The van der Waals surface area contributed by atoms with Gasteiger partial charge in [-0.1, -0.05) is 13.3 Å². The summed E-state index contributed by atoms with van der Waals surface area (Å²) in [7, 11) is 3.10. The molecule has 19 heavy (non-hydrogen) atoms. The van der Waals surface area contributed by atoms with Crippen LogP contribution in [0, 0.1) is 0 Å². The molecule has 7 heteroatoms. The molecular weight excluding hydrogens is 246 g/mol. The number of hydrogen-bond acceptors (Lipinski definition) is 4. The number of nitrogens with zero attached hydrogens (tertiary/aromatic N) is 4. The minimum absolute atomic E-state index is 0.246. The molecular formula is C12H19N5O2. The second-order valence-electron chi connectivity index (χ2n) is 4.62. The Hall–Kier alpha value is -1.89. The third-order valence-corrected chi connectivity index (χ3v) is 3.34. The zero-order valence-electron chi connectivity index (χ0n) is 11.5. The van der Waals surface area contributed by atoms with Gasteiger partial charge < -0.3 is 10.3 Å². The van der Waals surface area contributed by atoms with E-state index in [2.05, 4.69) is 11.9 Å². The van der Waals surface area contributed by atoms with Crippen LogP contribution in [0.25, 0.3) is 11.2 Å². The van der Waals surface area contributed by atoms with Crippen LogP contribution in [0.3, 0.4) is 0 Å². The average molecular weight is 265 g/mol. The summed E-state index contributed by atoms with van der Waals surface area (Å²) in [4.78, 5) is 28.4. The molecule has 0 aliphatic rings. The standard InChI is InChI=1S/C12H19N5O2/c1-4-5-6-17-8(7-13)14-9-10(17)15(2)12(19)16(3)11(9)18/h4-7,13H2,1-3H3. The van der Waals surface area contributed by atoms with E-state index in [1.54, 1.807) is 7.05 Å². The molecule has 2 N–H and O–H groups in total. The first-order valence-corrected chi connectivity index (χ1v) is 6.38. The van der Waals surface area contributed by atoms with E-state index in [9.17, 15) is 9.59 Å². The van der Waals surface area contributed by atoms with E-state index in [1.165, 1.54) is 11.6 Å². The minimum atomic E-state index is -0.372. The van der Waals surface area contributed by atoms with Crippen LogP contribution in [0.5, 0.6) is 0 Å². The molecule has 0 unspecified atom stereocenters. The van der Waals surface area contributed by atoms with Crippen molar-refractivity contribution in [3.05, 3.63) is 26.7 Å². The summed E-state index contributed by atoms with van der Waals surface area (Å²) in [5.74, 6) is 0.641. The predicted molar refractivity (Wildman–Crippen MR) is 73.0 cm³/mol. The fourth-order valence-electron chi connectivity index (χ4n) is 2.24. The van der Waals surface area contributed by atoms with Crippen molar-refractivity contribution in [1.82, 2.24) is 18.7 Å². The number of nitrogens with two attached hydrogens (primary N) is 1. The highest BCUT2D eigenvalue weighted by atomic mass is 16.2. The Kier molecular flexibility index (Phi) is 3.57. The Labute approximate surface area is 110 Å². The highest BCUT2D eigenvalue weighted by molar-refractivity contribution is 5.70. The van der Waals surface area contributed by atoms with Crippen molar-refractivity contribution in [2.75, 3.05) is 0 Å². The molecule has 0 fully saturated rings. The Bertz CT molecular complexity index is 722. The third kappa shape index (κ3) is 1.99. The fourth-order valence-corrected chi connectivity index (χ4v) is 2.24. The zero-order valence-corrected chi connectivity index (χ0v) is 11.5. The lowest BCUT2D eigenvalue weighted by Gasteiger charge is -2.10. The van der Waals surface area contributed by atoms with Crippen LogP contribution in [0.2, 0.25) is 0 Å². The first-order valence-electron chi connectivity index (χ1n) is 6.38. The van der Waals surface area contributed by atoms with Crippen LogP contribution < -0.4 is 17.0 Å². The number of fused-ring (bicyclic) bond motifs is 1. The summed E-state index contributed by atoms with van der Waals surface area (Å²) in [6, 6.07) is 0. The maximum Gasteiger partial charge on any atom is 0.332 e. The summed E-state index contributed by atoms with van der Waals surface area (Å²) >= 11 is 0. The van der Waals surface area contributed by atoms with Gasteiger partial charge in [0.2, 0.25) is 0 Å². The number of hydrogen-bond donors (Lipinski definition) is 1. The number of imidazole rings is 1. The SMILES string of the molecule is CCCCn1c(CN)nc2c(=O)n(C)c(=O)n(C)c21. The molecule has 0 aliphatic carbocycles. The Morgan fingerprint density at radius 2 is 1.89 bits per heavy atom. The van der Waals surface area contributed by atoms with Crippen molar-refractivity contribution in [2.24, 2.45) is 19.8 Å². The lowest BCUT2D eigenvalue weighted by atomic mass is 10.3. The van der Waals surface area contributed by atoms with Gasteiger partial charge in [0.25, 0.3) is 5.56 Å². The largest absolute Gasteiger partial charge is 0.332 e. The smallest absolute Gasteiger partial charge is 0.324 e. The summed E-state index contributed by atoms with van der Waals surface area (Å²) in [6.45, 7) is 3.04. The lowest BCUT2D eigenvalue weighted by molar-refractivity contribution is 0.598. The number of aromatic nitrogens is 4. The highest BCUT2D eigenvalue weighted by Gasteiger charge is 2.17. The molecule has 2 aromatic rings. The molecule has 2 aromatic heterocycles. The van der Waals surface area contributed by atoms with E-state index < -0.39 is 0 Å². The van der Waals surface area contributed by atoms with Crippen LogP contribution >= 0.6 is 0 Å². The van der Waals surface area contributed by atoms with Gasteiger partial charge >= 0.3 is 5.69 Å². The van der Waals surface area contributed by atoms with Crippen LogP contribution in [-0.4, -0.2) is 18.7 Å². The van der Waals surface area contributed by atoms with Gasteiger partial charge in [0, 0.05) is 20.6 Å². The van der Waals surface area contributed by atoms with Crippen LogP contribution in [0.4, 0.5) is 0 Å². The van der Waals surface area contributed by atoms with E-state index in [1.807, 2.05) is 4.57 Å². The molecule has 2 rings (SSSR count). The first-order chi connectivity index (χ1) is 9.02. The zero-order chi connectivity index (χ0) is 14.2. The van der Waals surface area contributed by atoms with E-state index in [-0.39, 0.29) is 17.8 Å². The Morgan fingerprint density at radius 1 is 1.21 bits per heavy atom. The summed E-state index contributed by atoms with van der Waals surface area (Å²) in [5.41, 5.74) is 5.83. The molecule has 0 aromatic carbocycles. The van der Waals surface area contributed by atoms with E-state index >= 15 is 0 Å². The molecule has 0 saturated carbocycles. The molecule has 0 amide bonds. The first kappa shape index (κ1) is 13.5. The van der Waals surface area contributed by atoms with E-state index in [4.69, 9.17) is 5.73 Å². The minimum Gasteiger partial charge on any atom is -0.324 e. The molecule has 0 spiro atoms. The topological polar surface area (TPSA) is 87.8 Å². The average Bonchev–Trinajstić information content (AvgIpc) is 2.79. The van der Waals surface area contributed by atoms with Crippen LogP contribution in [0.1, 0.15) is 25.6 Å². The van der Waals surface area contributed by atoms with Gasteiger partial charge in [-0.3, -0.25) is 13.9 Å². The van der Waals surface area contributed by atoms with E-state index in [0.717, 1.165) is 17.4 Å². The van der Waals surface area contributed by atoms with Gasteiger partial charge in [0.1, 0.15) is 11.5 Å². The van der Waals surface area contributed by atoms with Crippen LogP contribution in [-0.2, 0) is 27.2 Å². The van der Waals surface area contributed by atoms with Gasteiger partial charge in [-0.05, 0) is 6.42 Å². The maximum absolute atomic E-state index is 12.1. The van der Waals surface area contributed by atoms with Gasteiger partial charge in [-0.2, -0.15) is 0 Å². The molecule has 0 bridgehead atoms. The number of aryl methyl sites for hydroxylation is 2. The quantitative estimate of drug-likeness (QED) is 0.821. The van der Waals surface area contributed by atoms with Crippen molar-refractivity contribution in [1.29, 1.82) is 0 Å². The molecule has 7 nitrogen and oxygen atoms in total. The summed E-state index contributed by atoms with van der Waals surface area (Å²) in [6.07, 6.45) is 1.96. The Morgan fingerprint density at radius 3 is 2.47 bits per heavy atom. The fraction of sp³-hybridized carbons (Fsp3) is 0.583. The van der Waals surface area contributed by atoms with Crippen molar-refractivity contribution in [3.8, 4) is 0 Å². The maximum atomic E-state index is 12.1. The molecule has 0 aliphatic heterocycles. The lowest BCUT2D eigenvalue weighted by Crippen LogP contribution is -2.37. The van der Waals surface area contributed by atoms with E-state index in [0.29, 0.717) is 23.5 Å². The number of rotatable bonds is 4. The van der Waals surface area contributed by atoms with Gasteiger partial charge in [0.15, 0.2) is 5.52 Å². The van der Waals surface area contributed by atoms with Crippen molar-refractivity contribution >= 4 is 11.2 Å². The van der Waals surface area contributed by atoms with Crippen molar-refractivity contribution in [2.45, 2.75) is 32.9 Å². The Balaban J connectivity index is 2.86. The monoisotopic (exact) mass is 265 g/mol. The van der Waals surface area contributed by atoms with Gasteiger partial charge in [0.05, 0.1) is 6.54 Å². The molecule has 2 heterocycles. The number of unbranched alkanes of at least 4 members (excludes halogenated alkanes) is 1. The van der Waals surface area contributed by atoms with Crippen molar-refractivity contribution in [3.63, 3.8) is 0 Å². The summed E-state index contributed by atoms with van der Waals surface area (Å²) in [5, 5.41) is 0. The third-order valence-electron chi connectivity index (χ3n) is 3.34. The molecule has 0 saturated heterocycles. The summed E-state index contributed by atoms with van der Waals surface area (Å²) < 4.78 is 4.40. The normalized spacial score (nSPS) is 11.4. The molecule has 104 valence electrons.